The van der Waals surface area contributed by atoms with Crippen molar-refractivity contribution in [1.29, 1.82) is 0 Å². The van der Waals surface area contributed by atoms with Crippen LogP contribution in [-0.4, -0.2) is 12.5 Å². The average molecular weight is 307 g/mol. The van der Waals surface area contributed by atoms with E-state index in [-0.39, 0.29) is 5.91 Å². The zero-order valence-corrected chi connectivity index (χ0v) is 13.5. The van der Waals surface area contributed by atoms with Gasteiger partial charge in [-0.3, -0.25) is 4.79 Å². The van der Waals surface area contributed by atoms with Crippen molar-refractivity contribution in [2.45, 2.75) is 45.6 Å². The van der Waals surface area contributed by atoms with Crippen molar-refractivity contribution in [3.05, 3.63) is 28.3 Å². The SMILES string of the molecule is CCNC(c1cc2c(cc1Cl)NC(=O)C2)C1CCCC1C. The molecule has 0 bridgehead atoms. The standard InChI is InChI=1S/C17H23ClN2O/c1-3-19-17(12-6-4-5-10(12)2)13-7-11-8-16(21)20-15(11)9-14(13)18/h7,9-10,12,17,19H,3-6,8H2,1-2H3,(H,20,21). The fourth-order valence-corrected chi connectivity index (χ4v) is 4.17. The van der Waals surface area contributed by atoms with E-state index in [1.807, 2.05) is 6.07 Å². The highest BCUT2D eigenvalue weighted by atomic mass is 35.5. The summed E-state index contributed by atoms with van der Waals surface area (Å²) in [6.45, 7) is 5.41. The van der Waals surface area contributed by atoms with E-state index >= 15 is 0 Å². The van der Waals surface area contributed by atoms with Gasteiger partial charge in [0.1, 0.15) is 0 Å². The molecule has 3 nitrogen and oxygen atoms in total. The Kier molecular flexibility index (Phi) is 4.23. The van der Waals surface area contributed by atoms with Crippen LogP contribution in [-0.2, 0) is 11.2 Å². The van der Waals surface area contributed by atoms with Gasteiger partial charge in [0.2, 0.25) is 5.91 Å². The van der Waals surface area contributed by atoms with Gasteiger partial charge in [-0.25, -0.2) is 0 Å². The maximum absolute atomic E-state index is 11.6. The first-order valence-corrected chi connectivity index (χ1v) is 8.33. The van der Waals surface area contributed by atoms with E-state index in [0.717, 1.165) is 34.3 Å². The minimum absolute atomic E-state index is 0.0625. The molecule has 21 heavy (non-hydrogen) atoms. The third kappa shape index (κ3) is 2.82. The summed E-state index contributed by atoms with van der Waals surface area (Å²) in [5, 5.41) is 7.26. The molecule has 0 saturated heterocycles. The van der Waals surface area contributed by atoms with Crippen LogP contribution in [0.25, 0.3) is 0 Å². The molecular formula is C17H23ClN2O. The van der Waals surface area contributed by atoms with Gasteiger partial charge in [0.15, 0.2) is 0 Å². The summed E-state index contributed by atoms with van der Waals surface area (Å²) in [6.07, 6.45) is 4.33. The van der Waals surface area contributed by atoms with Crippen molar-refractivity contribution in [2.24, 2.45) is 11.8 Å². The number of hydrogen-bond donors (Lipinski definition) is 2. The number of carbonyl (C=O) groups excluding carboxylic acids is 1. The number of amides is 1. The maximum Gasteiger partial charge on any atom is 0.228 e. The molecule has 1 aliphatic heterocycles. The Morgan fingerprint density at radius 1 is 1.43 bits per heavy atom. The topological polar surface area (TPSA) is 41.1 Å². The summed E-state index contributed by atoms with van der Waals surface area (Å²) in [5.74, 6) is 1.41. The van der Waals surface area contributed by atoms with Gasteiger partial charge in [0, 0.05) is 16.8 Å². The molecule has 3 atom stereocenters. The fourth-order valence-electron chi connectivity index (χ4n) is 3.89. The van der Waals surface area contributed by atoms with E-state index in [0.29, 0.717) is 18.4 Å². The van der Waals surface area contributed by atoms with E-state index in [2.05, 4.69) is 30.5 Å². The van der Waals surface area contributed by atoms with Gasteiger partial charge in [0.05, 0.1) is 6.42 Å². The molecule has 4 heteroatoms. The number of rotatable bonds is 4. The van der Waals surface area contributed by atoms with Gasteiger partial charge in [0.25, 0.3) is 0 Å². The fraction of sp³-hybridized carbons (Fsp3) is 0.588. The molecule has 3 unspecified atom stereocenters. The summed E-state index contributed by atoms with van der Waals surface area (Å²) in [7, 11) is 0. The molecule has 1 aliphatic carbocycles. The Hall–Kier alpha value is -1.06. The lowest BCUT2D eigenvalue weighted by atomic mass is 9.85. The summed E-state index contributed by atoms with van der Waals surface area (Å²) in [6, 6.07) is 4.34. The zero-order chi connectivity index (χ0) is 15.0. The van der Waals surface area contributed by atoms with Crippen molar-refractivity contribution < 1.29 is 4.79 Å². The van der Waals surface area contributed by atoms with Crippen molar-refractivity contribution in [1.82, 2.24) is 5.32 Å². The van der Waals surface area contributed by atoms with E-state index in [1.165, 1.54) is 19.3 Å². The summed E-state index contributed by atoms with van der Waals surface area (Å²) < 4.78 is 0. The molecule has 1 fully saturated rings. The van der Waals surface area contributed by atoms with Crippen molar-refractivity contribution in [3.8, 4) is 0 Å². The lowest BCUT2D eigenvalue weighted by Gasteiger charge is -2.29. The van der Waals surface area contributed by atoms with Crippen molar-refractivity contribution >= 4 is 23.2 Å². The second-order valence-corrected chi connectivity index (χ2v) is 6.77. The minimum Gasteiger partial charge on any atom is -0.325 e. The van der Waals surface area contributed by atoms with E-state index in [4.69, 9.17) is 11.6 Å². The monoisotopic (exact) mass is 306 g/mol. The van der Waals surface area contributed by atoms with Gasteiger partial charge in [-0.1, -0.05) is 44.4 Å². The highest BCUT2D eigenvalue weighted by Gasteiger charge is 2.33. The summed E-state index contributed by atoms with van der Waals surface area (Å²) in [5.41, 5.74) is 3.11. The predicted molar refractivity (Wildman–Crippen MR) is 86.7 cm³/mol. The Balaban J connectivity index is 1.96. The van der Waals surface area contributed by atoms with Crippen LogP contribution in [0.1, 0.15) is 50.3 Å². The Labute approximate surface area is 131 Å². The molecule has 0 aromatic heterocycles. The molecule has 1 aromatic rings. The van der Waals surface area contributed by atoms with Gasteiger partial charge >= 0.3 is 0 Å². The van der Waals surface area contributed by atoms with E-state index < -0.39 is 0 Å². The lowest BCUT2D eigenvalue weighted by molar-refractivity contribution is -0.115. The molecule has 3 rings (SSSR count). The van der Waals surface area contributed by atoms with Gasteiger partial charge in [-0.05, 0) is 42.0 Å². The number of fused-ring (bicyclic) bond motifs is 1. The van der Waals surface area contributed by atoms with Crippen LogP contribution < -0.4 is 10.6 Å². The molecule has 0 radical (unpaired) electrons. The zero-order valence-electron chi connectivity index (χ0n) is 12.7. The summed E-state index contributed by atoms with van der Waals surface area (Å²) >= 11 is 6.52. The van der Waals surface area contributed by atoms with Crippen LogP contribution >= 0.6 is 11.6 Å². The van der Waals surface area contributed by atoms with Gasteiger partial charge in [-0.15, -0.1) is 0 Å². The minimum atomic E-state index is 0.0625. The molecule has 2 aliphatic rings. The van der Waals surface area contributed by atoms with Crippen LogP contribution in [0, 0.1) is 11.8 Å². The normalized spacial score (nSPS) is 25.8. The average Bonchev–Trinajstić information content (AvgIpc) is 3.00. The Morgan fingerprint density at radius 3 is 2.90 bits per heavy atom. The molecule has 114 valence electrons. The smallest absolute Gasteiger partial charge is 0.228 e. The molecule has 1 amide bonds. The largest absolute Gasteiger partial charge is 0.325 e. The third-order valence-corrected chi connectivity index (χ3v) is 5.29. The van der Waals surface area contributed by atoms with Crippen LogP contribution in [0.3, 0.4) is 0 Å². The number of halogens is 1. The van der Waals surface area contributed by atoms with E-state index in [9.17, 15) is 4.79 Å². The number of benzene rings is 1. The molecule has 2 N–H and O–H groups in total. The predicted octanol–water partition coefficient (Wildman–Crippen LogP) is 3.92. The van der Waals surface area contributed by atoms with Crippen LogP contribution in [0.15, 0.2) is 12.1 Å². The third-order valence-electron chi connectivity index (χ3n) is 4.96. The molecular weight excluding hydrogens is 284 g/mol. The first-order valence-electron chi connectivity index (χ1n) is 7.95. The molecule has 1 saturated carbocycles. The molecule has 1 heterocycles. The number of nitrogens with one attached hydrogen (secondary N) is 2. The van der Waals surface area contributed by atoms with Crippen molar-refractivity contribution in [2.75, 3.05) is 11.9 Å². The van der Waals surface area contributed by atoms with Gasteiger partial charge in [-0.2, -0.15) is 0 Å². The molecule has 0 spiro atoms. The maximum atomic E-state index is 11.6. The Morgan fingerprint density at radius 2 is 2.24 bits per heavy atom. The van der Waals surface area contributed by atoms with Crippen LogP contribution in [0.4, 0.5) is 5.69 Å². The number of carbonyl (C=O) groups is 1. The van der Waals surface area contributed by atoms with Crippen LogP contribution in [0.5, 0.6) is 0 Å². The number of anilines is 1. The first kappa shape index (κ1) is 14.9. The quantitative estimate of drug-likeness (QED) is 0.885. The van der Waals surface area contributed by atoms with E-state index in [1.54, 1.807) is 0 Å². The van der Waals surface area contributed by atoms with Crippen LogP contribution in [0.2, 0.25) is 5.02 Å². The number of hydrogen-bond acceptors (Lipinski definition) is 2. The van der Waals surface area contributed by atoms with Gasteiger partial charge < -0.3 is 10.6 Å². The first-order chi connectivity index (χ1) is 10.1. The second-order valence-electron chi connectivity index (χ2n) is 6.36. The Bertz CT molecular complexity index is 558. The second kappa shape index (κ2) is 5.98. The molecule has 1 aromatic carbocycles. The lowest BCUT2D eigenvalue weighted by Crippen LogP contribution is -2.30. The highest BCUT2D eigenvalue weighted by Crippen LogP contribution is 2.43. The van der Waals surface area contributed by atoms with Crippen molar-refractivity contribution in [3.63, 3.8) is 0 Å². The summed E-state index contributed by atoms with van der Waals surface area (Å²) in [4.78, 5) is 11.6. The highest BCUT2D eigenvalue weighted by molar-refractivity contribution is 6.32.